The molecule has 7 heteroatoms. The first kappa shape index (κ1) is 24.9. The van der Waals surface area contributed by atoms with Gasteiger partial charge in [0.25, 0.3) is 0 Å². The lowest BCUT2D eigenvalue weighted by molar-refractivity contribution is -0.135. The van der Waals surface area contributed by atoms with Crippen molar-refractivity contribution in [3.05, 3.63) is 60.4 Å². The standard InChI is InChI=1S/C28H34FN3O3/c1-20(22-9-10-22)32(25-7-5-4-6-8-25)26(34)19-28(21(2)33)15-17-31(18-16-28)27(35)30(3)24-13-11-23(29)12-14-24/h4-8,11-14,20,22H,9-10,15-19H2,1-3H3. The van der Waals surface area contributed by atoms with Crippen molar-refractivity contribution in [3.8, 4) is 0 Å². The number of nitrogens with zero attached hydrogens (tertiary/aromatic N) is 3. The van der Waals surface area contributed by atoms with Gasteiger partial charge in [-0.3, -0.25) is 14.5 Å². The number of anilines is 2. The van der Waals surface area contributed by atoms with E-state index in [4.69, 9.17) is 0 Å². The van der Waals surface area contributed by atoms with Gasteiger partial charge in [-0.1, -0.05) is 18.2 Å². The van der Waals surface area contributed by atoms with Crippen molar-refractivity contribution in [1.82, 2.24) is 4.90 Å². The monoisotopic (exact) mass is 479 g/mol. The van der Waals surface area contributed by atoms with Crippen LogP contribution in [0, 0.1) is 17.2 Å². The Hall–Kier alpha value is -3.22. The van der Waals surface area contributed by atoms with Crippen molar-refractivity contribution in [2.24, 2.45) is 11.3 Å². The molecule has 186 valence electrons. The molecular formula is C28H34FN3O3. The SMILES string of the molecule is CC(=O)C1(CC(=O)N(c2ccccc2)C(C)C2CC2)CCN(C(=O)N(C)c2ccc(F)cc2)CC1. The normalized spacial score (nSPS) is 18.0. The van der Waals surface area contributed by atoms with E-state index in [9.17, 15) is 18.8 Å². The maximum atomic E-state index is 13.7. The van der Waals surface area contributed by atoms with E-state index < -0.39 is 5.41 Å². The minimum atomic E-state index is -0.779. The molecule has 1 aliphatic carbocycles. The number of halogens is 1. The fourth-order valence-electron chi connectivity index (χ4n) is 5.13. The van der Waals surface area contributed by atoms with Crippen molar-refractivity contribution in [2.75, 3.05) is 29.9 Å². The average Bonchev–Trinajstić information content (AvgIpc) is 3.70. The second kappa shape index (κ2) is 10.2. The van der Waals surface area contributed by atoms with Crippen molar-refractivity contribution < 1.29 is 18.8 Å². The second-order valence-corrected chi connectivity index (χ2v) is 10.00. The molecule has 4 rings (SSSR count). The van der Waals surface area contributed by atoms with Crippen LogP contribution in [0.3, 0.4) is 0 Å². The van der Waals surface area contributed by atoms with Crippen LogP contribution in [-0.4, -0.2) is 48.8 Å². The molecule has 6 nitrogen and oxygen atoms in total. The molecule has 2 fully saturated rings. The molecule has 2 aromatic carbocycles. The molecule has 1 heterocycles. The van der Waals surface area contributed by atoms with Crippen molar-refractivity contribution in [2.45, 2.75) is 52.0 Å². The Morgan fingerprint density at radius 2 is 1.60 bits per heavy atom. The first-order valence-electron chi connectivity index (χ1n) is 12.4. The third-order valence-corrected chi connectivity index (χ3v) is 7.74. The predicted molar refractivity (Wildman–Crippen MR) is 135 cm³/mol. The zero-order valence-electron chi connectivity index (χ0n) is 20.7. The van der Waals surface area contributed by atoms with Crippen LogP contribution < -0.4 is 9.80 Å². The van der Waals surface area contributed by atoms with Gasteiger partial charge in [-0.25, -0.2) is 9.18 Å². The highest BCUT2D eigenvalue weighted by molar-refractivity contribution is 5.98. The fourth-order valence-corrected chi connectivity index (χ4v) is 5.13. The number of benzene rings is 2. The summed E-state index contributed by atoms with van der Waals surface area (Å²) in [6.07, 6.45) is 3.27. The highest BCUT2D eigenvalue weighted by atomic mass is 19.1. The number of carbonyl (C=O) groups excluding carboxylic acids is 3. The number of Topliss-reactive ketones (excluding diaryl/α,β-unsaturated/α-hetero) is 1. The molecule has 1 saturated heterocycles. The van der Waals surface area contributed by atoms with Crippen LogP contribution in [0.15, 0.2) is 54.6 Å². The number of piperidine rings is 1. The Morgan fingerprint density at radius 1 is 1.00 bits per heavy atom. The highest BCUT2D eigenvalue weighted by Gasteiger charge is 2.44. The lowest BCUT2D eigenvalue weighted by atomic mass is 9.72. The van der Waals surface area contributed by atoms with Crippen molar-refractivity contribution in [1.29, 1.82) is 0 Å². The van der Waals surface area contributed by atoms with Gasteiger partial charge in [0.2, 0.25) is 5.91 Å². The summed E-state index contributed by atoms with van der Waals surface area (Å²) in [5, 5.41) is 0. The molecule has 2 aliphatic rings. The molecule has 0 spiro atoms. The molecule has 0 radical (unpaired) electrons. The van der Waals surface area contributed by atoms with Crippen molar-refractivity contribution >= 4 is 29.1 Å². The third-order valence-electron chi connectivity index (χ3n) is 7.74. The molecule has 2 aromatic rings. The van der Waals surface area contributed by atoms with Gasteiger partial charge < -0.3 is 9.80 Å². The first-order valence-corrected chi connectivity index (χ1v) is 12.4. The van der Waals surface area contributed by atoms with Gasteiger partial charge in [-0.05, 0) is 81.8 Å². The maximum absolute atomic E-state index is 13.7. The van der Waals surface area contributed by atoms with Crippen LogP contribution in [0.25, 0.3) is 0 Å². The summed E-state index contributed by atoms with van der Waals surface area (Å²) in [5.74, 6) is 0.101. The summed E-state index contributed by atoms with van der Waals surface area (Å²) in [7, 11) is 1.66. The number of likely N-dealkylation sites (tertiary alicyclic amines) is 1. The molecule has 35 heavy (non-hydrogen) atoms. The summed E-state index contributed by atoms with van der Waals surface area (Å²) in [6.45, 7) is 4.43. The molecule has 1 aliphatic heterocycles. The highest BCUT2D eigenvalue weighted by Crippen LogP contribution is 2.41. The van der Waals surface area contributed by atoms with Gasteiger partial charge in [0, 0.05) is 49.4 Å². The Bertz CT molecular complexity index is 1060. The third kappa shape index (κ3) is 5.39. The Labute approximate surface area is 206 Å². The van der Waals surface area contributed by atoms with E-state index in [0.717, 1.165) is 18.5 Å². The number of urea groups is 1. The molecular weight excluding hydrogens is 445 g/mol. The van der Waals surface area contributed by atoms with Gasteiger partial charge in [-0.2, -0.15) is 0 Å². The minimum absolute atomic E-state index is 0.00285. The van der Waals surface area contributed by atoms with E-state index >= 15 is 0 Å². The Morgan fingerprint density at radius 3 is 2.14 bits per heavy atom. The lowest BCUT2D eigenvalue weighted by Gasteiger charge is -2.42. The summed E-state index contributed by atoms with van der Waals surface area (Å²) in [6, 6.07) is 15.3. The molecule has 0 aromatic heterocycles. The van der Waals surface area contributed by atoms with E-state index in [-0.39, 0.29) is 36.0 Å². The molecule has 1 atom stereocenters. The van der Waals surface area contributed by atoms with Crippen LogP contribution in [0.4, 0.5) is 20.6 Å². The average molecular weight is 480 g/mol. The van der Waals surface area contributed by atoms with E-state index in [1.54, 1.807) is 31.0 Å². The number of rotatable bonds is 7. The van der Waals surface area contributed by atoms with Gasteiger partial charge in [0.05, 0.1) is 0 Å². The van der Waals surface area contributed by atoms with Crippen LogP contribution in [0.2, 0.25) is 0 Å². The number of amides is 3. The van der Waals surface area contributed by atoms with E-state index in [1.165, 1.54) is 17.0 Å². The zero-order valence-corrected chi connectivity index (χ0v) is 20.7. The number of hydrogen-bond acceptors (Lipinski definition) is 3. The maximum Gasteiger partial charge on any atom is 0.324 e. The number of carbonyl (C=O) groups is 3. The smallest absolute Gasteiger partial charge is 0.324 e. The topological polar surface area (TPSA) is 60.9 Å². The van der Waals surface area contributed by atoms with E-state index in [1.807, 2.05) is 35.2 Å². The van der Waals surface area contributed by atoms with Crippen LogP contribution >= 0.6 is 0 Å². The van der Waals surface area contributed by atoms with Crippen molar-refractivity contribution in [3.63, 3.8) is 0 Å². The Kier molecular flexibility index (Phi) is 7.24. The molecule has 0 bridgehead atoms. The Balaban J connectivity index is 1.46. The summed E-state index contributed by atoms with van der Waals surface area (Å²) < 4.78 is 13.3. The van der Waals surface area contributed by atoms with Gasteiger partial charge in [0.1, 0.15) is 11.6 Å². The summed E-state index contributed by atoms with van der Waals surface area (Å²) >= 11 is 0. The zero-order chi connectivity index (χ0) is 25.2. The van der Waals surface area contributed by atoms with Gasteiger partial charge >= 0.3 is 6.03 Å². The van der Waals surface area contributed by atoms with Gasteiger partial charge in [-0.15, -0.1) is 0 Å². The van der Waals surface area contributed by atoms with E-state index in [2.05, 4.69) is 6.92 Å². The first-order chi connectivity index (χ1) is 16.7. The minimum Gasteiger partial charge on any atom is -0.324 e. The number of hydrogen-bond donors (Lipinski definition) is 0. The number of para-hydroxylation sites is 1. The summed E-state index contributed by atoms with van der Waals surface area (Å²) in [4.78, 5) is 44.7. The lowest BCUT2D eigenvalue weighted by Crippen LogP contribution is -2.52. The second-order valence-electron chi connectivity index (χ2n) is 10.00. The fraction of sp³-hybridized carbons (Fsp3) is 0.464. The molecule has 1 unspecified atom stereocenters. The van der Waals surface area contributed by atoms with E-state index in [0.29, 0.717) is 37.5 Å². The van der Waals surface area contributed by atoms with Gasteiger partial charge in [0.15, 0.2) is 0 Å². The summed E-state index contributed by atoms with van der Waals surface area (Å²) in [5.41, 5.74) is 0.685. The molecule has 3 amide bonds. The van der Waals surface area contributed by atoms with Crippen LogP contribution in [0.5, 0.6) is 0 Å². The quantitative estimate of drug-likeness (QED) is 0.543. The predicted octanol–water partition coefficient (Wildman–Crippen LogP) is 5.27. The number of ketones is 1. The van der Waals surface area contributed by atoms with Crippen LogP contribution in [-0.2, 0) is 9.59 Å². The molecule has 1 saturated carbocycles. The molecule has 0 N–H and O–H groups in total. The largest absolute Gasteiger partial charge is 0.324 e. The van der Waals surface area contributed by atoms with Crippen LogP contribution in [0.1, 0.15) is 46.0 Å².